The Labute approximate surface area is 175 Å². The molecule has 30 heavy (non-hydrogen) atoms. The third-order valence-electron chi connectivity index (χ3n) is 5.63. The second-order valence-corrected chi connectivity index (χ2v) is 7.87. The molecule has 8 heteroatoms. The molecule has 1 unspecified atom stereocenters. The summed E-state index contributed by atoms with van der Waals surface area (Å²) in [6.45, 7) is 5.25. The zero-order valence-electron chi connectivity index (χ0n) is 17.5. The number of ether oxygens (including phenoxy) is 2. The molecule has 0 spiro atoms. The average Bonchev–Trinajstić information content (AvgIpc) is 3.25. The van der Waals surface area contributed by atoms with E-state index in [4.69, 9.17) is 9.47 Å². The van der Waals surface area contributed by atoms with Crippen LogP contribution < -0.4 is 15.8 Å². The molecule has 4 rings (SSSR count). The molecule has 0 aromatic carbocycles. The molecule has 2 aliphatic rings. The third-order valence-corrected chi connectivity index (χ3v) is 5.63. The standard InChI is InChI=1S/C22H28N4O4/c1-15-19(11-17(13-23-15)24-21(27)12-18-4-3-7-30-18)16-10-20(22(28)25(2)14-16)26-5-8-29-9-6-26/h10-11,13-14,18H,3-9,12H2,1-2H3,(H,24,27). The van der Waals surface area contributed by atoms with Gasteiger partial charge in [0.05, 0.1) is 37.6 Å². The predicted molar refractivity (Wildman–Crippen MR) is 115 cm³/mol. The molecule has 4 heterocycles. The lowest BCUT2D eigenvalue weighted by atomic mass is 10.0. The van der Waals surface area contributed by atoms with Crippen LogP contribution in [-0.2, 0) is 21.3 Å². The maximum atomic E-state index is 12.7. The van der Waals surface area contributed by atoms with E-state index < -0.39 is 0 Å². The highest BCUT2D eigenvalue weighted by Crippen LogP contribution is 2.27. The topological polar surface area (TPSA) is 85.7 Å². The number of rotatable bonds is 5. The molecule has 0 saturated carbocycles. The van der Waals surface area contributed by atoms with Crippen LogP contribution in [0.2, 0.25) is 0 Å². The molecule has 2 saturated heterocycles. The first-order chi connectivity index (χ1) is 14.5. The monoisotopic (exact) mass is 412 g/mol. The summed E-state index contributed by atoms with van der Waals surface area (Å²) in [6.07, 6.45) is 5.76. The van der Waals surface area contributed by atoms with Gasteiger partial charge < -0.3 is 24.3 Å². The van der Waals surface area contributed by atoms with Gasteiger partial charge in [0.15, 0.2) is 0 Å². The largest absolute Gasteiger partial charge is 0.378 e. The fourth-order valence-electron chi connectivity index (χ4n) is 3.99. The van der Waals surface area contributed by atoms with Crippen LogP contribution in [0.25, 0.3) is 11.1 Å². The van der Waals surface area contributed by atoms with E-state index in [1.165, 1.54) is 0 Å². The molecular weight excluding hydrogens is 384 g/mol. The number of aromatic nitrogens is 2. The first-order valence-corrected chi connectivity index (χ1v) is 10.4. The smallest absolute Gasteiger partial charge is 0.273 e. The van der Waals surface area contributed by atoms with Crippen molar-refractivity contribution in [1.82, 2.24) is 9.55 Å². The summed E-state index contributed by atoms with van der Waals surface area (Å²) in [5.41, 5.74) is 3.87. The van der Waals surface area contributed by atoms with Crippen molar-refractivity contribution in [3.8, 4) is 11.1 Å². The van der Waals surface area contributed by atoms with Crippen LogP contribution in [0.5, 0.6) is 0 Å². The number of pyridine rings is 2. The molecule has 2 aliphatic heterocycles. The Hall–Kier alpha value is -2.71. The SMILES string of the molecule is Cc1ncc(NC(=O)CC2CCCO2)cc1-c1cc(N2CCOCC2)c(=O)n(C)c1. The zero-order chi connectivity index (χ0) is 21.1. The van der Waals surface area contributed by atoms with E-state index in [1.54, 1.807) is 17.8 Å². The van der Waals surface area contributed by atoms with Crippen LogP contribution in [0.4, 0.5) is 11.4 Å². The summed E-state index contributed by atoms with van der Waals surface area (Å²) >= 11 is 0. The normalized spacial score (nSPS) is 19.1. The van der Waals surface area contributed by atoms with Gasteiger partial charge in [-0.3, -0.25) is 14.6 Å². The van der Waals surface area contributed by atoms with Gasteiger partial charge in [-0.1, -0.05) is 0 Å². The van der Waals surface area contributed by atoms with Gasteiger partial charge in [0.25, 0.3) is 5.56 Å². The van der Waals surface area contributed by atoms with Crippen molar-refractivity contribution >= 4 is 17.3 Å². The van der Waals surface area contributed by atoms with Crippen LogP contribution in [0.15, 0.2) is 29.3 Å². The highest BCUT2D eigenvalue weighted by atomic mass is 16.5. The van der Waals surface area contributed by atoms with E-state index >= 15 is 0 Å². The highest BCUT2D eigenvalue weighted by molar-refractivity contribution is 5.91. The van der Waals surface area contributed by atoms with Gasteiger partial charge in [-0.25, -0.2) is 0 Å². The Morgan fingerprint density at radius 1 is 1.27 bits per heavy atom. The quantitative estimate of drug-likeness (QED) is 0.810. The summed E-state index contributed by atoms with van der Waals surface area (Å²) in [5.74, 6) is -0.0760. The number of hydrogen-bond acceptors (Lipinski definition) is 6. The Morgan fingerprint density at radius 2 is 2.07 bits per heavy atom. The molecule has 0 bridgehead atoms. The first-order valence-electron chi connectivity index (χ1n) is 10.4. The van der Waals surface area contributed by atoms with Crippen LogP contribution in [0.3, 0.4) is 0 Å². The summed E-state index contributed by atoms with van der Waals surface area (Å²) in [5, 5.41) is 2.93. The van der Waals surface area contributed by atoms with Crippen molar-refractivity contribution < 1.29 is 14.3 Å². The minimum atomic E-state index is -0.0760. The molecule has 0 aliphatic carbocycles. The number of aryl methyl sites for hydroxylation is 2. The molecule has 1 amide bonds. The van der Waals surface area contributed by atoms with E-state index in [0.717, 1.165) is 36.3 Å². The van der Waals surface area contributed by atoms with Crippen molar-refractivity contribution in [2.45, 2.75) is 32.3 Å². The minimum Gasteiger partial charge on any atom is -0.378 e. The number of amides is 1. The number of nitrogens with zero attached hydrogens (tertiary/aromatic N) is 3. The van der Waals surface area contributed by atoms with E-state index in [0.29, 0.717) is 44.1 Å². The maximum Gasteiger partial charge on any atom is 0.273 e. The lowest BCUT2D eigenvalue weighted by Crippen LogP contribution is -2.40. The van der Waals surface area contributed by atoms with Gasteiger partial charge >= 0.3 is 0 Å². The summed E-state index contributed by atoms with van der Waals surface area (Å²) < 4.78 is 12.6. The van der Waals surface area contributed by atoms with Gasteiger partial charge in [0, 0.05) is 49.8 Å². The van der Waals surface area contributed by atoms with Gasteiger partial charge in [-0.15, -0.1) is 0 Å². The predicted octanol–water partition coefficient (Wildman–Crippen LogP) is 2.10. The molecule has 0 radical (unpaired) electrons. The number of morpholine rings is 1. The molecule has 1 atom stereocenters. The number of carbonyl (C=O) groups excluding carboxylic acids is 1. The first kappa shape index (κ1) is 20.6. The van der Waals surface area contributed by atoms with Crippen molar-refractivity contribution in [2.75, 3.05) is 43.1 Å². The second kappa shape index (κ2) is 8.97. The lowest BCUT2D eigenvalue weighted by molar-refractivity contribution is -0.118. The Balaban J connectivity index is 1.60. The van der Waals surface area contributed by atoms with Gasteiger partial charge in [0.2, 0.25) is 5.91 Å². The summed E-state index contributed by atoms with van der Waals surface area (Å²) in [4.78, 5) is 31.6. The molecule has 2 fully saturated rings. The molecule has 1 N–H and O–H groups in total. The Morgan fingerprint density at radius 3 is 2.80 bits per heavy atom. The van der Waals surface area contributed by atoms with E-state index in [1.807, 2.05) is 25.3 Å². The Bertz CT molecular complexity index is 976. The molecule has 160 valence electrons. The fourth-order valence-corrected chi connectivity index (χ4v) is 3.99. The van der Waals surface area contributed by atoms with Gasteiger partial charge in [-0.05, 0) is 31.9 Å². The highest BCUT2D eigenvalue weighted by Gasteiger charge is 2.20. The van der Waals surface area contributed by atoms with Crippen molar-refractivity contribution in [3.63, 3.8) is 0 Å². The molecular formula is C22H28N4O4. The Kier molecular flexibility index (Phi) is 6.15. The van der Waals surface area contributed by atoms with Gasteiger partial charge in [0.1, 0.15) is 5.69 Å². The van der Waals surface area contributed by atoms with Crippen LogP contribution >= 0.6 is 0 Å². The third kappa shape index (κ3) is 4.55. The van der Waals surface area contributed by atoms with Crippen molar-refractivity contribution in [3.05, 3.63) is 40.6 Å². The van der Waals surface area contributed by atoms with Crippen LogP contribution in [0.1, 0.15) is 25.0 Å². The maximum absolute atomic E-state index is 12.7. The van der Waals surface area contributed by atoms with Crippen molar-refractivity contribution in [2.24, 2.45) is 7.05 Å². The second-order valence-electron chi connectivity index (χ2n) is 7.87. The molecule has 2 aromatic rings. The van der Waals surface area contributed by atoms with E-state index in [9.17, 15) is 9.59 Å². The number of carbonyl (C=O) groups is 1. The van der Waals surface area contributed by atoms with Crippen LogP contribution in [-0.4, -0.2) is 54.5 Å². The van der Waals surface area contributed by atoms with Crippen LogP contribution in [0, 0.1) is 6.92 Å². The molecule has 8 nitrogen and oxygen atoms in total. The fraction of sp³-hybridized carbons (Fsp3) is 0.500. The number of nitrogens with one attached hydrogen (secondary N) is 1. The molecule has 2 aromatic heterocycles. The number of anilines is 2. The lowest BCUT2D eigenvalue weighted by Gasteiger charge is -2.28. The average molecular weight is 412 g/mol. The summed E-state index contributed by atoms with van der Waals surface area (Å²) in [6, 6.07) is 3.83. The van der Waals surface area contributed by atoms with Crippen molar-refractivity contribution in [1.29, 1.82) is 0 Å². The van der Waals surface area contributed by atoms with E-state index in [2.05, 4.69) is 15.2 Å². The number of hydrogen-bond donors (Lipinski definition) is 1. The minimum absolute atomic E-state index is 0.00241. The summed E-state index contributed by atoms with van der Waals surface area (Å²) in [7, 11) is 1.76. The van der Waals surface area contributed by atoms with E-state index in [-0.39, 0.29) is 17.6 Å². The van der Waals surface area contributed by atoms with Gasteiger partial charge in [-0.2, -0.15) is 0 Å². The zero-order valence-corrected chi connectivity index (χ0v) is 17.5.